The van der Waals surface area contributed by atoms with Gasteiger partial charge in [-0.25, -0.2) is 9.37 Å². The van der Waals surface area contributed by atoms with Crippen LogP contribution in [-0.4, -0.2) is 28.3 Å². The number of carbonyl (C=O) groups excluding carboxylic acids is 2. The molecule has 7 heteroatoms. The number of aromatic amines is 1. The summed E-state index contributed by atoms with van der Waals surface area (Å²) in [4.78, 5) is 31.2. The number of hydrogen-bond acceptors (Lipinski definition) is 3. The third kappa shape index (κ3) is 3.56. The van der Waals surface area contributed by atoms with Gasteiger partial charge in [-0.05, 0) is 55.3 Å². The van der Waals surface area contributed by atoms with Gasteiger partial charge in [0.15, 0.2) is 0 Å². The van der Waals surface area contributed by atoms with E-state index in [0.717, 1.165) is 29.4 Å². The highest BCUT2D eigenvalue weighted by Gasteiger charge is 2.29. The molecule has 3 N–H and O–H groups in total. The molecule has 0 radical (unpaired) electrons. The van der Waals surface area contributed by atoms with Crippen molar-refractivity contribution in [2.75, 3.05) is 11.9 Å². The van der Waals surface area contributed by atoms with Crippen LogP contribution in [0, 0.1) is 11.7 Å². The van der Waals surface area contributed by atoms with Crippen LogP contribution in [0.4, 0.5) is 10.1 Å². The van der Waals surface area contributed by atoms with E-state index in [2.05, 4.69) is 20.6 Å². The summed E-state index contributed by atoms with van der Waals surface area (Å²) in [6, 6.07) is 11.4. The zero-order valence-corrected chi connectivity index (χ0v) is 13.9. The number of nitrogens with one attached hydrogen (secondary N) is 3. The molecule has 1 aliphatic rings. The number of anilines is 1. The Bertz CT molecular complexity index is 977. The second kappa shape index (κ2) is 6.59. The van der Waals surface area contributed by atoms with Gasteiger partial charge in [0.1, 0.15) is 11.6 Å². The highest BCUT2D eigenvalue weighted by Crippen LogP contribution is 2.28. The van der Waals surface area contributed by atoms with Crippen molar-refractivity contribution in [1.29, 1.82) is 0 Å². The molecule has 0 spiro atoms. The quantitative estimate of drug-likeness (QED) is 0.660. The molecule has 1 aromatic heterocycles. The van der Waals surface area contributed by atoms with E-state index in [4.69, 9.17) is 0 Å². The standard InChI is InChI=1S/C19H17FN4O2/c20-13-5-3-11(4-6-13)18-23-15-8-7-14(9-16(15)24-18)22-17(25)10-21-19(26)12-1-2-12/h3-9,12H,1-2,10H2,(H,21,26)(H,22,25)(H,23,24). The lowest BCUT2D eigenvalue weighted by Crippen LogP contribution is -2.33. The minimum atomic E-state index is -0.302. The summed E-state index contributed by atoms with van der Waals surface area (Å²) in [5.74, 6) is 0.0579. The zero-order valence-electron chi connectivity index (χ0n) is 13.9. The second-order valence-corrected chi connectivity index (χ2v) is 6.36. The van der Waals surface area contributed by atoms with Crippen molar-refractivity contribution in [3.8, 4) is 11.4 Å². The molecule has 0 atom stereocenters. The molecular weight excluding hydrogens is 335 g/mol. The molecule has 2 aromatic carbocycles. The van der Waals surface area contributed by atoms with Crippen LogP contribution in [0.15, 0.2) is 42.5 Å². The lowest BCUT2D eigenvalue weighted by molar-refractivity contribution is -0.125. The lowest BCUT2D eigenvalue weighted by atomic mass is 10.2. The third-order valence-corrected chi connectivity index (χ3v) is 4.25. The Labute approximate surface area is 148 Å². The molecule has 132 valence electrons. The second-order valence-electron chi connectivity index (χ2n) is 6.36. The molecule has 1 aliphatic carbocycles. The molecule has 26 heavy (non-hydrogen) atoms. The first-order valence-electron chi connectivity index (χ1n) is 8.42. The van der Waals surface area contributed by atoms with Gasteiger partial charge in [0.05, 0.1) is 17.6 Å². The summed E-state index contributed by atoms with van der Waals surface area (Å²) in [6.07, 6.45) is 1.81. The highest BCUT2D eigenvalue weighted by molar-refractivity contribution is 5.96. The van der Waals surface area contributed by atoms with E-state index in [0.29, 0.717) is 11.5 Å². The van der Waals surface area contributed by atoms with Crippen molar-refractivity contribution in [3.05, 3.63) is 48.3 Å². The smallest absolute Gasteiger partial charge is 0.243 e. The number of halogens is 1. The van der Waals surface area contributed by atoms with Gasteiger partial charge in [0.2, 0.25) is 11.8 Å². The van der Waals surface area contributed by atoms with E-state index in [9.17, 15) is 14.0 Å². The Morgan fingerprint density at radius 3 is 2.65 bits per heavy atom. The lowest BCUT2D eigenvalue weighted by Gasteiger charge is -2.06. The third-order valence-electron chi connectivity index (χ3n) is 4.25. The van der Waals surface area contributed by atoms with Crippen LogP contribution < -0.4 is 10.6 Å². The average molecular weight is 352 g/mol. The minimum Gasteiger partial charge on any atom is -0.347 e. The molecule has 0 unspecified atom stereocenters. The Kier molecular flexibility index (Phi) is 4.12. The van der Waals surface area contributed by atoms with E-state index >= 15 is 0 Å². The number of imidazole rings is 1. The van der Waals surface area contributed by atoms with E-state index in [-0.39, 0.29) is 30.1 Å². The molecular formula is C19H17FN4O2. The summed E-state index contributed by atoms with van der Waals surface area (Å²) in [5, 5.41) is 5.38. The van der Waals surface area contributed by atoms with Crippen molar-refractivity contribution in [2.45, 2.75) is 12.8 Å². The number of hydrogen-bond donors (Lipinski definition) is 3. The first-order valence-corrected chi connectivity index (χ1v) is 8.42. The average Bonchev–Trinajstić information content (AvgIpc) is 3.40. The summed E-state index contributed by atoms with van der Waals surface area (Å²) in [7, 11) is 0. The Morgan fingerprint density at radius 1 is 1.15 bits per heavy atom. The van der Waals surface area contributed by atoms with Crippen molar-refractivity contribution in [3.63, 3.8) is 0 Å². The molecule has 1 heterocycles. The molecule has 6 nitrogen and oxygen atoms in total. The molecule has 4 rings (SSSR count). The van der Waals surface area contributed by atoms with Gasteiger partial charge in [-0.15, -0.1) is 0 Å². The minimum absolute atomic E-state index is 0.0445. The number of nitrogens with zero attached hydrogens (tertiary/aromatic N) is 1. The van der Waals surface area contributed by atoms with Crippen LogP contribution in [0.1, 0.15) is 12.8 Å². The van der Waals surface area contributed by atoms with Crippen LogP contribution in [-0.2, 0) is 9.59 Å². The number of fused-ring (bicyclic) bond motifs is 1. The number of benzene rings is 2. The fourth-order valence-corrected chi connectivity index (χ4v) is 2.69. The molecule has 0 bridgehead atoms. The molecule has 0 aliphatic heterocycles. The summed E-state index contributed by atoms with van der Waals surface area (Å²) < 4.78 is 13.0. The van der Waals surface area contributed by atoms with Crippen LogP contribution in [0.25, 0.3) is 22.4 Å². The predicted molar refractivity (Wildman–Crippen MR) is 95.9 cm³/mol. The van der Waals surface area contributed by atoms with Gasteiger partial charge in [-0.2, -0.15) is 0 Å². The van der Waals surface area contributed by atoms with Crippen LogP contribution in [0.2, 0.25) is 0 Å². The predicted octanol–water partition coefficient (Wildman–Crippen LogP) is 2.83. The Hall–Kier alpha value is -3.22. The Morgan fingerprint density at radius 2 is 1.92 bits per heavy atom. The van der Waals surface area contributed by atoms with E-state index in [1.165, 1.54) is 12.1 Å². The first-order chi connectivity index (χ1) is 12.6. The van der Waals surface area contributed by atoms with Gasteiger partial charge >= 0.3 is 0 Å². The van der Waals surface area contributed by atoms with Gasteiger partial charge in [0.25, 0.3) is 0 Å². The molecule has 3 aromatic rings. The van der Waals surface area contributed by atoms with Crippen LogP contribution in [0.3, 0.4) is 0 Å². The van der Waals surface area contributed by atoms with Gasteiger partial charge in [0, 0.05) is 17.2 Å². The summed E-state index contributed by atoms with van der Waals surface area (Å²) >= 11 is 0. The number of amides is 2. The zero-order chi connectivity index (χ0) is 18.1. The van der Waals surface area contributed by atoms with Crippen molar-refractivity contribution in [1.82, 2.24) is 15.3 Å². The number of carbonyl (C=O) groups is 2. The van der Waals surface area contributed by atoms with Gasteiger partial charge in [-0.3, -0.25) is 9.59 Å². The Balaban J connectivity index is 1.45. The maximum absolute atomic E-state index is 13.0. The van der Waals surface area contributed by atoms with Crippen LogP contribution in [0.5, 0.6) is 0 Å². The SMILES string of the molecule is O=C(CNC(=O)C1CC1)Nc1ccc2nc(-c3ccc(F)cc3)[nH]c2c1. The van der Waals surface area contributed by atoms with Gasteiger partial charge < -0.3 is 15.6 Å². The number of aromatic nitrogens is 2. The van der Waals surface area contributed by atoms with Crippen molar-refractivity contribution >= 4 is 28.5 Å². The van der Waals surface area contributed by atoms with E-state index in [1.54, 1.807) is 30.3 Å². The fraction of sp³-hybridized carbons (Fsp3) is 0.211. The maximum Gasteiger partial charge on any atom is 0.243 e. The van der Waals surface area contributed by atoms with Crippen molar-refractivity contribution in [2.24, 2.45) is 5.92 Å². The van der Waals surface area contributed by atoms with E-state index < -0.39 is 0 Å². The molecule has 1 saturated carbocycles. The maximum atomic E-state index is 13.0. The molecule has 2 amide bonds. The van der Waals surface area contributed by atoms with Gasteiger partial charge in [-0.1, -0.05) is 0 Å². The first kappa shape index (κ1) is 16.3. The molecule has 0 saturated heterocycles. The summed E-state index contributed by atoms with van der Waals surface area (Å²) in [5.41, 5.74) is 2.88. The normalized spacial score (nSPS) is 13.6. The van der Waals surface area contributed by atoms with Crippen LogP contribution >= 0.6 is 0 Å². The highest BCUT2D eigenvalue weighted by atomic mass is 19.1. The van der Waals surface area contributed by atoms with Crippen molar-refractivity contribution < 1.29 is 14.0 Å². The summed E-state index contributed by atoms with van der Waals surface area (Å²) in [6.45, 7) is -0.0445. The van der Waals surface area contributed by atoms with E-state index in [1.807, 2.05) is 0 Å². The monoisotopic (exact) mass is 352 g/mol. The fourth-order valence-electron chi connectivity index (χ4n) is 2.69. The number of H-pyrrole nitrogens is 1. The topological polar surface area (TPSA) is 86.9 Å². The largest absolute Gasteiger partial charge is 0.347 e. The molecule has 1 fully saturated rings. The number of rotatable bonds is 5.